The number of amides is 1. The Labute approximate surface area is 146 Å². The molecule has 0 atom stereocenters. The number of hydrogen-bond donors (Lipinski definition) is 1. The van der Waals surface area contributed by atoms with Crippen molar-refractivity contribution >= 4 is 5.91 Å². The van der Waals surface area contributed by atoms with Crippen molar-refractivity contribution in [2.75, 3.05) is 13.7 Å². The van der Waals surface area contributed by atoms with Crippen molar-refractivity contribution in [2.24, 2.45) is 5.41 Å². The van der Waals surface area contributed by atoms with Gasteiger partial charge >= 0.3 is 0 Å². The Balaban J connectivity index is 1.91. The molecular formula is C19H23N3O3. The van der Waals surface area contributed by atoms with Crippen LogP contribution in [0.15, 0.2) is 29.1 Å². The third-order valence-electron chi connectivity index (χ3n) is 4.36. The second-order valence-corrected chi connectivity index (χ2v) is 7.29. The number of aromatic nitrogens is 2. The van der Waals surface area contributed by atoms with E-state index in [0.29, 0.717) is 30.9 Å². The number of benzene rings is 1. The number of aromatic amines is 1. The van der Waals surface area contributed by atoms with Gasteiger partial charge in [-0.1, -0.05) is 20.8 Å². The van der Waals surface area contributed by atoms with Crippen LogP contribution in [0.1, 0.15) is 32.0 Å². The van der Waals surface area contributed by atoms with Crippen LogP contribution in [0.4, 0.5) is 0 Å². The Hall–Kier alpha value is -2.63. The predicted molar refractivity (Wildman–Crippen MR) is 95.4 cm³/mol. The molecule has 0 saturated carbocycles. The molecular weight excluding hydrogens is 318 g/mol. The maximum Gasteiger partial charge on any atom is 0.256 e. The van der Waals surface area contributed by atoms with E-state index < -0.39 is 5.41 Å². The number of carbonyl (C=O) groups excluding carboxylic acids is 1. The number of rotatable bonds is 2. The summed E-state index contributed by atoms with van der Waals surface area (Å²) in [4.78, 5) is 34.2. The summed E-state index contributed by atoms with van der Waals surface area (Å²) >= 11 is 0. The van der Waals surface area contributed by atoms with Crippen molar-refractivity contribution in [3.8, 4) is 17.1 Å². The summed E-state index contributed by atoms with van der Waals surface area (Å²) < 4.78 is 5.15. The number of carbonyl (C=O) groups is 1. The minimum Gasteiger partial charge on any atom is -0.497 e. The molecule has 6 nitrogen and oxygen atoms in total. The molecule has 1 aliphatic heterocycles. The summed E-state index contributed by atoms with van der Waals surface area (Å²) in [6, 6.07) is 7.39. The third-order valence-corrected chi connectivity index (χ3v) is 4.36. The minimum atomic E-state index is -0.458. The lowest BCUT2D eigenvalue weighted by Gasteiger charge is -2.32. The number of nitrogens with one attached hydrogen (secondary N) is 1. The fourth-order valence-electron chi connectivity index (χ4n) is 2.96. The second-order valence-electron chi connectivity index (χ2n) is 7.29. The van der Waals surface area contributed by atoms with Gasteiger partial charge in [0, 0.05) is 23.9 Å². The minimum absolute atomic E-state index is 0.0526. The smallest absolute Gasteiger partial charge is 0.256 e. The third kappa shape index (κ3) is 3.43. The summed E-state index contributed by atoms with van der Waals surface area (Å²) in [6.07, 6.45) is 0.588. The molecule has 1 aromatic heterocycles. The molecule has 0 spiro atoms. The zero-order valence-corrected chi connectivity index (χ0v) is 15.0. The Kier molecular flexibility index (Phi) is 4.37. The van der Waals surface area contributed by atoms with Gasteiger partial charge in [-0.3, -0.25) is 9.59 Å². The highest BCUT2D eigenvalue weighted by atomic mass is 16.5. The van der Waals surface area contributed by atoms with Crippen molar-refractivity contribution in [1.29, 1.82) is 0 Å². The molecule has 0 fully saturated rings. The molecule has 0 bridgehead atoms. The summed E-state index contributed by atoms with van der Waals surface area (Å²) in [5, 5.41) is 0. The van der Waals surface area contributed by atoms with Crippen LogP contribution in [0.5, 0.6) is 5.75 Å². The molecule has 6 heteroatoms. The molecule has 0 unspecified atom stereocenters. The first kappa shape index (κ1) is 17.2. The lowest BCUT2D eigenvalue weighted by molar-refractivity contribution is -0.140. The van der Waals surface area contributed by atoms with Gasteiger partial charge in [-0.25, -0.2) is 4.98 Å². The molecule has 2 heterocycles. The molecule has 0 aliphatic carbocycles. The van der Waals surface area contributed by atoms with Gasteiger partial charge in [0.15, 0.2) is 0 Å². The standard InChI is InChI=1S/C19H23N3O3/c1-19(2,3)18(24)22-10-9-15-14(11-22)17(23)21-16(20-15)12-5-7-13(25-4)8-6-12/h5-8H,9-11H2,1-4H3,(H,20,21,23). The summed E-state index contributed by atoms with van der Waals surface area (Å²) in [6.45, 7) is 6.57. The van der Waals surface area contributed by atoms with Gasteiger partial charge in [-0.15, -0.1) is 0 Å². The van der Waals surface area contributed by atoms with Gasteiger partial charge in [0.05, 0.1) is 24.9 Å². The van der Waals surface area contributed by atoms with Crippen LogP contribution in [0.2, 0.25) is 0 Å². The first-order valence-corrected chi connectivity index (χ1v) is 8.35. The van der Waals surface area contributed by atoms with E-state index in [0.717, 1.165) is 17.0 Å². The fourth-order valence-corrected chi connectivity index (χ4v) is 2.96. The Morgan fingerprint density at radius 2 is 1.92 bits per heavy atom. The molecule has 1 N–H and O–H groups in total. The van der Waals surface area contributed by atoms with E-state index in [9.17, 15) is 9.59 Å². The molecule has 0 radical (unpaired) electrons. The van der Waals surface area contributed by atoms with E-state index in [1.54, 1.807) is 12.0 Å². The fraction of sp³-hybridized carbons (Fsp3) is 0.421. The Bertz CT molecular complexity index is 848. The molecule has 2 aromatic rings. The number of hydrogen-bond acceptors (Lipinski definition) is 4. The molecule has 1 amide bonds. The first-order chi connectivity index (χ1) is 11.8. The van der Waals surface area contributed by atoms with Gasteiger partial charge in [0.1, 0.15) is 11.6 Å². The predicted octanol–water partition coefficient (Wildman–Crippen LogP) is 2.38. The van der Waals surface area contributed by atoms with Crippen molar-refractivity contribution in [3.05, 3.63) is 45.9 Å². The lowest BCUT2D eigenvalue weighted by Crippen LogP contribution is -2.44. The number of H-pyrrole nitrogens is 1. The van der Waals surface area contributed by atoms with Crippen LogP contribution < -0.4 is 10.3 Å². The normalized spacial score (nSPS) is 14.2. The van der Waals surface area contributed by atoms with Gasteiger partial charge in [0.2, 0.25) is 5.91 Å². The largest absolute Gasteiger partial charge is 0.497 e. The van der Waals surface area contributed by atoms with E-state index in [-0.39, 0.29) is 11.5 Å². The molecule has 25 heavy (non-hydrogen) atoms. The first-order valence-electron chi connectivity index (χ1n) is 8.35. The van der Waals surface area contributed by atoms with Gasteiger partial charge in [0.25, 0.3) is 5.56 Å². The number of ether oxygens (including phenoxy) is 1. The van der Waals surface area contributed by atoms with Crippen molar-refractivity contribution in [2.45, 2.75) is 33.7 Å². The molecule has 132 valence electrons. The summed E-state index contributed by atoms with van der Waals surface area (Å²) in [5.41, 5.74) is 1.55. The average molecular weight is 341 g/mol. The Morgan fingerprint density at radius 1 is 1.24 bits per heavy atom. The van der Waals surface area contributed by atoms with E-state index in [1.807, 2.05) is 45.0 Å². The highest BCUT2D eigenvalue weighted by Gasteiger charge is 2.31. The van der Waals surface area contributed by atoms with E-state index in [1.165, 1.54) is 0 Å². The number of fused-ring (bicyclic) bond motifs is 1. The lowest BCUT2D eigenvalue weighted by atomic mass is 9.93. The topological polar surface area (TPSA) is 75.3 Å². The maximum absolute atomic E-state index is 12.5. The molecule has 1 aromatic carbocycles. The zero-order valence-electron chi connectivity index (χ0n) is 15.0. The highest BCUT2D eigenvalue weighted by molar-refractivity contribution is 5.81. The van der Waals surface area contributed by atoms with Crippen LogP contribution in [0, 0.1) is 5.41 Å². The van der Waals surface area contributed by atoms with Crippen molar-refractivity contribution < 1.29 is 9.53 Å². The number of methoxy groups -OCH3 is 1. The molecule has 0 saturated heterocycles. The van der Waals surface area contributed by atoms with Gasteiger partial charge in [-0.2, -0.15) is 0 Å². The zero-order chi connectivity index (χ0) is 18.2. The SMILES string of the molecule is COc1ccc(-c2nc3c(c(=O)[nH]2)CN(C(=O)C(C)(C)C)CC3)cc1. The van der Waals surface area contributed by atoms with Crippen LogP contribution in [0.3, 0.4) is 0 Å². The molecule has 1 aliphatic rings. The number of nitrogens with zero attached hydrogens (tertiary/aromatic N) is 2. The van der Waals surface area contributed by atoms with Gasteiger partial charge in [-0.05, 0) is 24.3 Å². The summed E-state index contributed by atoms with van der Waals surface area (Å²) in [5.74, 6) is 1.35. The molecule has 3 rings (SSSR count). The monoisotopic (exact) mass is 341 g/mol. The van der Waals surface area contributed by atoms with Gasteiger partial charge < -0.3 is 14.6 Å². The van der Waals surface area contributed by atoms with E-state index in [4.69, 9.17) is 4.74 Å². The Morgan fingerprint density at radius 3 is 2.52 bits per heavy atom. The quantitative estimate of drug-likeness (QED) is 0.910. The van der Waals surface area contributed by atoms with Crippen molar-refractivity contribution in [3.63, 3.8) is 0 Å². The van der Waals surface area contributed by atoms with Crippen LogP contribution in [-0.4, -0.2) is 34.4 Å². The van der Waals surface area contributed by atoms with E-state index in [2.05, 4.69) is 9.97 Å². The summed E-state index contributed by atoms with van der Waals surface area (Å²) in [7, 11) is 1.61. The average Bonchev–Trinajstić information content (AvgIpc) is 2.60. The van der Waals surface area contributed by atoms with E-state index >= 15 is 0 Å². The maximum atomic E-state index is 12.5. The van der Waals surface area contributed by atoms with Crippen LogP contribution >= 0.6 is 0 Å². The van der Waals surface area contributed by atoms with Crippen LogP contribution in [0.25, 0.3) is 11.4 Å². The highest BCUT2D eigenvalue weighted by Crippen LogP contribution is 2.24. The van der Waals surface area contributed by atoms with Crippen LogP contribution in [-0.2, 0) is 17.8 Å². The van der Waals surface area contributed by atoms with Crippen molar-refractivity contribution in [1.82, 2.24) is 14.9 Å². The second kappa shape index (κ2) is 6.35.